The van der Waals surface area contributed by atoms with Crippen molar-refractivity contribution < 1.29 is 18.0 Å². The van der Waals surface area contributed by atoms with Gasteiger partial charge in [0, 0.05) is 11.6 Å². The maximum atomic E-state index is 13.0. The number of rotatable bonds is 3. The SMILES string of the molecule is CC(C)N(CC#N)C(=O)c1cc(F)c(F)c(F)c1. The van der Waals surface area contributed by atoms with Crippen LogP contribution in [0.5, 0.6) is 0 Å². The third kappa shape index (κ3) is 2.80. The van der Waals surface area contributed by atoms with Crippen LogP contribution in [0.15, 0.2) is 12.1 Å². The van der Waals surface area contributed by atoms with E-state index in [0.717, 1.165) is 4.90 Å². The number of amides is 1. The van der Waals surface area contributed by atoms with Crippen molar-refractivity contribution in [3.05, 3.63) is 35.1 Å². The fraction of sp³-hybridized carbons (Fsp3) is 0.333. The van der Waals surface area contributed by atoms with Crippen LogP contribution in [0.2, 0.25) is 0 Å². The van der Waals surface area contributed by atoms with E-state index in [1.807, 2.05) is 0 Å². The molecule has 96 valence electrons. The number of nitriles is 1. The van der Waals surface area contributed by atoms with Gasteiger partial charge in [-0.25, -0.2) is 13.2 Å². The van der Waals surface area contributed by atoms with Gasteiger partial charge in [-0.15, -0.1) is 0 Å². The standard InChI is InChI=1S/C12H11F3N2O/c1-7(2)17(4-3-16)12(18)8-5-9(13)11(15)10(14)6-8/h5-7H,4H2,1-2H3. The van der Waals surface area contributed by atoms with Crippen molar-refractivity contribution in [1.29, 1.82) is 5.26 Å². The summed E-state index contributed by atoms with van der Waals surface area (Å²) in [7, 11) is 0. The van der Waals surface area contributed by atoms with Gasteiger partial charge in [0.25, 0.3) is 5.91 Å². The van der Waals surface area contributed by atoms with Crippen LogP contribution in [0.3, 0.4) is 0 Å². The molecule has 1 amide bonds. The van der Waals surface area contributed by atoms with Gasteiger partial charge in [-0.3, -0.25) is 4.79 Å². The van der Waals surface area contributed by atoms with Crippen LogP contribution in [0, 0.1) is 28.8 Å². The first-order valence-electron chi connectivity index (χ1n) is 5.21. The third-order valence-corrected chi connectivity index (χ3v) is 2.36. The molecule has 0 aromatic heterocycles. The average Bonchev–Trinajstić information content (AvgIpc) is 2.31. The van der Waals surface area contributed by atoms with Gasteiger partial charge < -0.3 is 4.90 Å². The summed E-state index contributed by atoms with van der Waals surface area (Å²) >= 11 is 0. The predicted octanol–water partition coefficient (Wildman–Crippen LogP) is 2.48. The summed E-state index contributed by atoms with van der Waals surface area (Å²) in [5, 5.41) is 8.58. The van der Waals surface area contributed by atoms with Crippen LogP contribution in [-0.4, -0.2) is 23.4 Å². The molecular weight excluding hydrogens is 245 g/mol. The second kappa shape index (κ2) is 5.54. The Balaban J connectivity index is 3.14. The first kappa shape index (κ1) is 14.0. The highest BCUT2D eigenvalue weighted by molar-refractivity contribution is 5.94. The van der Waals surface area contributed by atoms with Gasteiger partial charge in [0.1, 0.15) is 6.54 Å². The molecule has 0 unspecified atom stereocenters. The monoisotopic (exact) mass is 256 g/mol. The minimum absolute atomic E-state index is 0.211. The van der Waals surface area contributed by atoms with Crippen LogP contribution in [0.25, 0.3) is 0 Å². The number of nitrogens with zero attached hydrogens (tertiary/aromatic N) is 2. The van der Waals surface area contributed by atoms with Crippen molar-refractivity contribution in [2.75, 3.05) is 6.54 Å². The molecule has 1 aromatic carbocycles. The lowest BCUT2D eigenvalue weighted by atomic mass is 10.1. The summed E-state index contributed by atoms with van der Waals surface area (Å²) in [4.78, 5) is 13.0. The molecule has 1 aromatic rings. The summed E-state index contributed by atoms with van der Waals surface area (Å²) in [5.74, 6) is -5.20. The van der Waals surface area contributed by atoms with Gasteiger partial charge in [-0.2, -0.15) is 5.26 Å². The second-order valence-electron chi connectivity index (χ2n) is 3.94. The molecule has 0 N–H and O–H groups in total. The Morgan fingerprint density at radius 1 is 1.33 bits per heavy atom. The van der Waals surface area contributed by atoms with Crippen molar-refractivity contribution in [2.24, 2.45) is 0 Å². The largest absolute Gasteiger partial charge is 0.323 e. The number of carbonyl (C=O) groups excluding carboxylic acids is 1. The van der Waals surface area contributed by atoms with Crippen LogP contribution in [-0.2, 0) is 0 Å². The summed E-state index contributed by atoms with van der Waals surface area (Å²) in [6.07, 6.45) is 0. The summed E-state index contributed by atoms with van der Waals surface area (Å²) in [6, 6.07) is 2.71. The quantitative estimate of drug-likeness (QED) is 0.616. The topological polar surface area (TPSA) is 44.1 Å². The molecule has 0 saturated carbocycles. The van der Waals surface area contributed by atoms with Gasteiger partial charge >= 0.3 is 0 Å². The summed E-state index contributed by atoms with van der Waals surface area (Å²) < 4.78 is 38.8. The van der Waals surface area contributed by atoms with E-state index in [1.54, 1.807) is 19.9 Å². The van der Waals surface area contributed by atoms with Gasteiger partial charge in [-0.05, 0) is 26.0 Å². The minimum Gasteiger partial charge on any atom is -0.323 e. The Hall–Kier alpha value is -2.03. The molecule has 0 bridgehead atoms. The summed E-state index contributed by atoms with van der Waals surface area (Å²) in [5.41, 5.74) is -0.324. The van der Waals surface area contributed by atoms with Crippen molar-refractivity contribution in [1.82, 2.24) is 4.90 Å². The highest BCUT2D eigenvalue weighted by atomic mass is 19.2. The van der Waals surface area contributed by atoms with E-state index in [2.05, 4.69) is 0 Å². The lowest BCUT2D eigenvalue weighted by molar-refractivity contribution is 0.0730. The van der Waals surface area contributed by atoms with Crippen molar-refractivity contribution in [2.45, 2.75) is 19.9 Å². The van der Waals surface area contributed by atoms with Crippen LogP contribution in [0.1, 0.15) is 24.2 Å². The molecule has 3 nitrogen and oxygen atoms in total. The van der Waals surface area contributed by atoms with Crippen LogP contribution < -0.4 is 0 Å². The van der Waals surface area contributed by atoms with Crippen LogP contribution in [0.4, 0.5) is 13.2 Å². The Kier molecular flexibility index (Phi) is 4.32. The molecule has 0 aliphatic heterocycles. The maximum Gasteiger partial charge on any atom is 0.255 e. The Morgan fingerprint density at radius 2 is 1.83 bits per heavy atom. The number of benzene rings is 1. The van der Waals surface area contributed by atoms with E-state index >= 15 is 0 Å². The Labute approximate surface area is 102 Å². The van der Waals surface area contributed by atoms with Gasteiger partial charge in [0.15, 0.2) is 17.5 Å². The van der Waals surface area contributed by atoms with E-state index in [-0.39, 0.29) is 18.2 Å². The van der Waals surface area contributed by atoms with Gasteiger partial charge in [0.2, 0.25) is 0 Å². The fourth-order valence-electron chi connectivity index (χ4n) is 1.41. The molecule has 0 aliphatic rings. The predicted molar refractivity (Wildman–Crippen MR) is 58.1 cm³/mol. The van der Waals surface area contributed by atoms with Crippen molar-refractivity contribution >= 4 is 5.91 Å². The zero-order valence-corrected chi connectivity index (χ0v) is 9.88. The zero-order valence-electron chi connectivity index (χ0n) is 9.88. The highest BCUT2D eigenvalue weighted by Crippen LogP contribution is 2.16. The van der Waals surface area contributed by atoms with Gasteiger partial charge in [0.05, 0.1) is 6.07 Å². The van der Waals surface area contributed by atoms with Crippen molar-refractivity contribution in [3.8, 4) is 6.07 Å². The molecule has 18 heavy (non-hydrogen) atoms. The lowest BCUT2D eigenvalue weighted by Gasteiger charge is -2.23. The lowest BCUT2D eigenvalue weighted by Crippen LogP contribution is -2.37. The van der Waals surface area contributed by atoms with E-state index in [9.17, 15) is 18.0 Å². The molecule has 0 heterocycles. The molecule has 0 aliphatic carbocycles. The number of halogens is 3. The average molecular weight is 256 g/mol. The molecule has 0 radical (unpaired) electrons. The summed E-state index contributed by atoms with van der Waals surface area (Å²) in [6.45, 7) is 3.11. The fourth-order valence-corrected chi connectivity index (χ4v) is 1.41. The molecule has 6 heteroatoms. The molecule has 0 saturated heterocycles. The number of hydrogen-bond donors (Lipinski definition) is 0. The van der Waals surface area contributed by atoms with Gasteiger partial charge in [-0.1, -0.05) is 0 Å². The first-order chi connectivity index (χ1) is 8.38. The molecule has 0 fully saturated rings. The number of hydrogen-bond acceptors (Lipinski definition) is 2. The smallest absolute Gasteiger partial charge is 0.255 e. The maximum absolute atomic E-state index is 13.0. The first-order valence-corrected chi connectivity index (χ1v) is 5.21. The Morgan fingerprint density at radius 3 is 2.22 bits per heavy atom. The molecule has 1 rings (SSSR count). The molecular formula is C12H11F3N2O. The molecule has 0 atom stereocenters. The van der Waals surface area contributed by atoms with E-state index < -0.39 is 23.4 Å². The molecule has 0 spiro atoms. The van der Waals surface area contributed by atoms with E-state index in [0.29, 0.717) is 12.1 Å². The highest BCUT2D eigenvalue weighted by Gasteiger charge is 2.21. The zero-order chi connectivity index (χ0) is 13.9. The Bertz CT molecular complexity index is 486. The second-order valence-corrected chi connectivity index (χ2v) is 3.94. The van der Waals surface area contributed by atoms with E-state index in [1.165, 1.54) is 0 Å². The van der Waals surface area contributed by atoms with E-state index in [4.69, 9.17) is 5.26 Å². The van der Waals surface area contributed by atoms with Crippen molar-refractivity contribution in [3.63, 3.8) is 0 Å². The third-order valence-electron chi connectivity index (χ3n) is 2.36. The van der Waals surface area contributed by atoms with Crippen LogP contribution >= 0.6 is 0 Å². The normalized spacial score (nSPS) is 10.3. The minimum atomic E-state index is -1.62. The number of carbonyl (C=O) groups is 1.